The first kappa shape index (κ1) is 18.9. The van der Waals surface area contributed by atoms with Gasteiger partial charge in [0.25, 0.3) is 5.91 Å². The fourth-order valence-corrected chi connectivity index (χ4v) is 2.94. The first-order valence-corrected chi connectivity index (χ1v) is 8.76. The molecule has 0 saturated heterocycles. The van der Waals surface area contributed by atoms with Crippen molar-refractivity contribution >= 4 is 17.8 Å². The molecule has 27 heavy (non-hydrogen) atoms. The van der Waals surface area contributed by atoms with E-state index >= 15 is 0 Å². The third-order valence-corrected chi connectivity index (χ3v) is 4.24. The average Bonchev–Trinajstić information content (AvgIpc) is 2.92. The summed E-state index contributed by atoms with van der Waals surface area (Å²) < 4.78 is 19.6. The van der Waals surface area contributed by atoms with E-state index < -0.39 is 11.7 Å². The third kappa shape index (κ3) is 4.27. The van der Waals surface area contributed by atoms with Gasteiger partial charge in [0.05, 0.1) is 18.7 Å². The molecule has 0 unspecified atom stereocenters. The zero-order valence-corrected chi connectivity index (χ0v) is 15.7. The third-order valence-electron chi connectivity index (χ3n) is 4.24. The van der Waals surface area contributed by atoms with Crippen LogP contribution < -0.4 is 5.73 Å². The number of aromatic nitrogens is 2. The van der Waals surface area contributed by atoms with Crippen molar-refractivity contribution in [2.24, 2.45) is 0 Å². The number of rotatable bonds is 2. The van der Waals surface area contributed by atoms with Gasteiger partial charge in [-0.1, -0.05) is 12.1 Å². The summed E-state index contributed by atoms with van der Waals surface area (Å²) in [4.78, 5) is 26.4. The molecule has 0 fully saturated rings. The van der Waals surface area contributed by atoms with Crippen LogP contribution in [-0.2, 0) is 24.1 Å². The Hall–Kier alpha value is -2.90. The molecule has 0 aliphatic carbocycles. The summed E-state index contributed by atoms with van der Waals surface area (Å²) in [6, 6.07) is 5.71. The van der Waals surface area contributed by atoms with Crippen molar-refractivity contribution in [3.63, 3.8) is 0 Å². The summed E-state index contributed by atoms with van der Waals surface area (Å²) in [5.74, 6) is -0.374. The van der Waals surface area contributed by atoms with E-state index in [1.54, 1.807) is 37.8 Å². The Morgan fingerprint density at radius 2 is 1.93 bits per heavy atom. The van der Waals surface area contributed by atoms with E-state index in [1.165, 1.54) is 16.8 Å². The second-order valence-corrected chi connectivity index (χ2v) is 7.57. The van der Waals surface area contributed by atoms with E-state index in [1.807, 2.05) is 0 Å². The summed E-state index contributed by atoms with van der Waals surface area (Å²) in [6.07, 6.45) is 0.143. The quantitative estimate of drug-likeness (QED) is 0.873. The Kier molecular flexibility index (Phi) is 4.91. The van der Waals surface area contributed by atoms with Gasteiger partial charge in [-0.15, -0.1) is 0 Å². The molecule has 8 heteroatoms. The molecule has 3 rings (SSSR count). The average molecular weight is 374 g/mol. The van der Waals surface area contributed by atoms with Crippen molar-refractivity contribution in [2.45, 2.75) is 45.8 Å². The topological polar surface area (TPSA) is 90.5 Å². The summed E-state index contributed by atoms with van der Waals surface area (Å²) >= 11 is 0. The van der Waals surface area contributed by atoms with E-state index in [-0.39, 0.29) is 24.7 Å². The van der Waals surface area contributed by atoms with E-state index in [9.17, 15) is 14.0 Å². The smallest absolute Gasteiger partial charge is 0.410 e. The van der Waals surface area contributed by atoms with E-state index in [2.05, 4.69) is 5.10 Å². The Morgan fingerprint density at radius 1 is 1.26 bits per heavy atom. The molecule has 7 nitrogen and oxygen atoms in total. The molecule has 144 valence electrons. The number of nitrogens with two attached hydrogens (primary N) is 1. The Labute approximate surface area is 156 Å². The number of carbonyl (C=O) groups is 2. The molecule has 1 aliphatic heterocycles. The number of hydrogen-bond donors (Lipinski definition) is 1. The highest BCUT2D eigenvalue weighted by Crippen LogP contribution is 2.25. The van der Waals surface area contributed by atoms with Crippen LogP contribution in [0.5, 0.6) is 0 Å². The fourth-order valence-electron chi connectivity index (χ4n) is 2.94. The van der Waals surface area contributed by atoms with Crippen LogP contribution in [0.3, 0.4) is 0 Å². The van der Waals surface area contributed by atoms with Crippen molar-refractivity contribution in [1.82, 2.24) is 14.7 Å². The summed E-state index contributed by atoms with van der Waals surface area (Å²) in [6.45, 7) is 6.11. The standard InChI is InChI=1S/C19H23FN4O3/c1-19(2,3)27-18(26)23-9-8-14-15(11-23)22-24(17(14)21)16(25)10-12-4-6-13(20)7-5-12/h4-7H,8-11,21H2,1-3H3. The van der Waals surface area contributed by atoms with Crippen LogP contribution in [-0.4, -0.2) is 38.8 Å². The molecule has 0 spiro atoms. The first-order valence-electron chi connectivity index (χ1n) is 8.76. The number of halogens is 1. The molecular formula is C19H23FN4O3. The lowest BCUT2D eigenvalue weighted by Crippen LogP contribution is -2.39. The minimum absolute atomic E-state index is 0.0564. The zero-order chi connectivity index (χ0) is 19.8. The van der Waals surface area contributed by atoms with Gasteiger partial charge in [0.2, 0.25) is 0 Å². The fraction of sp³-hybridized carbons (Fsp3) is 0.421. The van der Waals surface area contributed by atoms with E-state index in [0.29, 0.717) is 30.0 Å². The van der Waals surface area contributed by atoms with Crippen molar-refractivity contribution in [3.8, 4) is 0 Å². The van der Waals surface area contributed by atoms with Gasteiger partial charge >= 0.3 is 6.09 Å². The predicted molar refractivity (Wildman–Crippen MR) is 97.7 cm³/mol. The van der Waals surface area contributed by atoms with Crippen molar-refractivity contribution in [2.75, 3.05) is 12.3 Å². The van der Waals surface area contributed by atoms with Gasteiger partial charge in [0, 0.05) is 12.1 Å². The number of nitrogens with zero attached hydrogens (tertiary/aromatic N) is 3. The molecule has 0 bridgehead atoms. The highest BCUT2D eigenvalue weighted by molar-refractivity contribution is 5.84. The zero-order valence-electron chi connectivity index (χ0n) is 15.7. The molecule has 2 aromatic rings. The number of hydrogen-bond acceptors (Lipinski definition) is 5. The largest absolute Gasteiger partial charge is 0.444 e. The van der Waals surface area contributed by atoms with Crippen LogP contribution in [0.4, 0.5) is 15.0 Å². The van der Waals surface area contributed by atoms with Crippen LogP contribution in [0.25, 0.3) is 0 Å². The van der Waals surface area contributed by atoms with Crippen LogP contribution in [0.15, 0.2) is 24.3 Å². The van der Waals surface area contributed by atoms with Gasteiger partial charge in [-0.3, -0.25) is 4.79 Å². The Bertz CT molecular complexity index is 868. The maximum absolute atomic E-state index is 13.0. The van der Waals surface area contributed by atoms with Gasteiger partial charge in [0.1, 0.15) is 17.2 Å². The van der Waals surface area contributed by atoms with Gasteiger partial charge in [-0.25, -0.2) is 9.18 Å². The number of benzene rings is 1. The summed E-state index contributed by atoms with van der Waals surface area (Å²) in [5.41, 5.74) is 7.57. The minimum atomic E-state index is -0.582. The molecule has 1 amide bonds. The number of amides is 1. The second kappa shape index (κ2) is 7.02. The number of ether oxygens (including phenoxy) is 1. The Morgan fingerprint density at radius 3 is 2.56 bits per heavy atom. The van der Waals surface area contributed by atoms with Crippen LogP contribution in [0.1, 0.15) is 42.4 Å². The second-order valence-electron chi connectivity index (χ2n) is 7.57. The lowest BCUT2D eigenvalue weighted by Gasteiger charge is -2.29. The lowest BCUT2D eigenvalue weighted by atomic mass is 10.1. The molecule has 0 saturated carbocycles. The molecule has 0 atom stereocenters. The molecule has 2 N–H and O–H groups in total. The molecule has 0 radical (unpaired) electrons. The summed E-state index contributed by atoms with van der Waals surface area (Å²) in [5, 5.41) is 4.31. The van der Waals surface area contributed by atoms with Crippen molar-refractivity contribution in [3.05, 3.63) is 46.9 Å². The van der Waals surface area contributed by atoms with Gasteiger partial charge in [0.15, 0.2) is 0 Å². The number of fused-ring (bicyclic) bond motifs is 1. The Balaban J connectivity index is 1.75. The number of carbonyl (C=O) groups excluding carboxylic acids is 2. The maximum Gasteiger partial charge on any atom is 0.410 e. The van der Waals surface area contributed by atoms with E-state index in [0.717, 1.165) is 5.56 Å². The molecular weight excluding hydrogens is 351 g/mol. The van der Waals surface area contributed by atoms with Crippen molar-refractivity contribution < 1.29 is 18.7 Å². The molecule has 1 aromatic carbocycles. The molecule has 2 heterocycles. The monoisotopic (exact) mass is 374 g/mol. The van der Waals surface area contributed by atoms with Gasteiger partial charge in [-0.2, -0.15) is 9.78 Å². The van der Waals surface area contributed by atoms with Crippen LogP contribution in [0, 0.1) is 5.82 Å². The SMILES string of the molecule is CC(C)(C)OC(=O)N1CCc2c(nn(C(=O)Cc3ccc(F)cc3)c2N)C1. The highest BCUT2D eigenvalue weighted by Gasteiger charge is 2.30. The number of nitrogen functional groups attached to an aromatic ring is 1. The maximum atomic E-state index is 13.0. The van der Waals surface area contributed by atoms with Gasteiger partial charge < -0.3 is 15.4 Å². The predicted octanol–water partition coefficient (Wildman–Crippen LogP) is 2.78. The number of anilines is 1. The van der Waals surface area contributed by atoms with E-state index in [4.69, 9.17) is 10.5 Å². The summed E-state index contributed by atoms with van der Waals surface area (Å²) in [7, 11) is 0. The van der Waals surface area contributed by atoms with Crippen LogP contribution >= 0.6 is 0 Å². The minimum Gasteiger partial charge on any atom is -0.444 e. The van der Waals surface area contributed by atoms with Crippen LogP contribution in [0.2, 0.25) is 0 Å². The first-order chi connectivity index (χ1) is 12.6. The lowest BCUT2D eigenvalue weighted by molar-refractivity contribution is 0.0221. The molecule has 1 aliphatic rings. The van der Waals surface area contributed by atoms with Gasteiger partial charge in [-0.05, 0) is 44.9 Å². The van der Waals surface area contributed by atoms with Crippen molar-refractivity contribution in [1.29, 1.82) is 0 Å². The highest BCUT2D eigenvalue weighted by atomic mass is 19.1. The molecule has 1 aromatic heterocycles. The normalized spacial score (nSPS) is 14.0.